The Labute approximate surface area is 153 Å². The first-order valence-electron chi connectivity index (χ1n) is 9.40. The van der Waals surface area contributed by atoms with Gasteiger partial charge in [-0.3, -0.25) is 9.69 Å². The molecule has 132 valence electrons. The molecule has 25 heavy (non-hydrogen) atoms. The van der Waals surface area contributed by atoms with Gasteiger partial charge in [0.1, 0.15) is 6.04 Å². The van der Waals surface area contributed by atoms with Crippen molar-refractivity contribution in [1.82, 2.24) is 9.88 Å². The van der Waals surface area contributed by atoms with Gasteiger partial charge in [-0.1, -0.05) is 36.8 Å². The van der Waals surface area contributed by atoms with E-state index in [1.807, 2.05) is 18.2 Å². The Morgan fingerprint density at radius 2 is 1.80 bits per heavy atom. The summed E-state index contributed by atoms with van der Waals surface area (Å²) in [6.45, 7) is 1.97. The van der Waals surface area contributed by atoms with Gasteiger partial charge in [0.05, 0.1) is 5.69 Å². The number of hydrogen-bond acceptors (Lipinski definition) is 4. The van der Waals surface area contributed by atoms with Crippen LogP contribution in [0.3, 0.4) is 0 Å². The summed E-state index contributed by atoms with van der Waals surface area (Å²) in [7, 11) is 0. The number of nitrogens with one attached hydrogen (secondary N) is 1. The van der Waals surface area contributed by atoms with E-state index < -0.39 is 0 Å². The number of carbonyl (C=O) groups excluding carboxylic acids is 1. The first-order valence-corrected chi connectivity index (χ1v) is 10.2. The van der Waals surface area contributed by atoms with Crippen LogP contribution in [-0.4, -0.2) is 28.9 Å². The van der Waals surface area contributed by atoms with E-state index in [4.69, 9.17) is 4.98 Å². The SMILES string of the molecule is O=C(Nc1nc2c(s1)CCCCC2)C(c1ccccc1)N1CCCC1. The van der Waals surface area contributed by atoms with Gasteiger partial charge in [-0.15, -0.1) is 11.3 Å². The number of hydrogen-bond donors (Lipinski definition) is 1. The maximum Gasteiger partial charge on any atom is 0.248 e. The van der Waals surface area contributed by atoms with Crippen LogP contribution in [0.25, 0.3) is 0 Å². The van der Waals surface area contributed by atoms with Crippen LogP contribution in [0.2, 0.25) is 0 Å². The monoisotopic (exact) mass is 355 g/mol. The molecule has 1 aliphatic heterocycles. The predicted molar refractivity (Wildman–Crippen MR) is 102 cm³/mol. The highest BCUT2D eigenvalue weighted by molar-refractivity contribution is 7.15. The lowest BCUT2D eigenvalue weighted by atomic mass is 10.1. The summed E-state index contributed by atoms with van der Waals surface area (Å²) in [6.07, 6.45) is 8.24. The van der Waals surface area contributed by atoms with E-state index in [0.29, 0.717) is 0 Å². The van der Waals surface area contributed by atoms with Crippen LogP contribution < -0.4 is 5.32 Å². The Morgan fingerprint density at radius 3 is 2.60 bits per heavy atom. The Kier molecular flexibility index (Phi) is 5.13. The minimum Gasteiger partial charge on any atom is -0.300 e. The molecule has 0 spiro atoms. The van der Waals surface area contributed by atoms with Crippen LogP contribution in [0.15, 0.2) is 30.3 Å². The van der Waals surface area contributed by atoms with Crippen molar-refractivity contribution in [2.45, 2.75) is 51.0 Å². The largest absolute Gasteiger partial charge is 0.300 e. The quantitative estimate of drug-likeness (QED) is 0.837. The molecular weight excluding hydrogens is 330 g/mol. The van der Waals surface area contributed by atoms with Crippen LogP contribution in [0, 0.1) is 0 Å². The number of carbonyl (C=O) groups is 1. The summed E-state index contributed by atoms with van der Waals surface area (Å²) >= 11 is 1.67. The zero-order valence-electron chi connectivity index (χ0n) is 14.5. The fourth-order valence-corrected chi connectivity index (χ4v) is 4.97. The Morgan fingerprint density at radius 1 is 1.04 bits per heavy atom. The highest BCUT2D eigenvalue weighted by atomic mass is 32.1. The summed E-state index contributed by atoms with van der Waals surface area (Å²) in [5.41, 5.74) is 2.27. The van der Waals surface area contributed by atoms with Crippen molar-refractivity contribution < 1.29 is 4.79 Å². The molecule has 0 radical (unpaired) electrons. The van der Waals surface area contributed by atoms with Crippen molar-refractivity contribution in [2.75, 3.05) is 18.4 Å². The first kappa shape index (κ1) is 16.7. The number of nitrogens with zero attached hydrogens (tertiary/aromatic N) is 2. The molecule has 1 amide bonds. The number of aryl methyl sites for hydroxylation is 2. The molecular formula is C20H25N3OS. The van der Waals surface area contributed by atoms with Gasteiger partial charge >= 0.3 is 0 Å². The number of anilines is 1. The van der Waals surface area contributed by atoms with E-state index in [0.717, 1.165) is 36.6 Å². The van der Waals surface area contributed by atoms with Crippen LogP contribution in [-0.2, 0) is 17.6 Å². The highest BCUT2D eigenvalue weighted by Gasteiger charge is 2.30. The number of benzene rings is 1. The average Bonchev–Trinajstić information content (AvgIpc) is 3.22. The molecule has 2 heterocycles. The molecule has 1 fully saturated rings. The highest BCUT2D eigenvalue weighted by Crippen LogP contribution is 2.31. The predicted octanol–water partition coefficient (Wildman–Crippen LogP) is 4.19. The van der Waals surface area contributed by atoms with Crippen LogP contribution in [0.5, 0.6) is 0 Å². The molecule has 0 bridgehead atoms. The molecule has 5 heteroatoms. The van der Waals surface area contributed by atoms with Crippen LogP contribution in [0.1, 0.15) is 54.3 Å². The smallest absolute Gasteiger partial charge is 0.248 e. The minimum atomic E-state index is -0.215. The number of fused-ring (bicyclic) bond motifs is 1. The van der Waals surface area contributed by atoms with Gasteiger partial charge in [0.15, 0.2) is 5.13 Å². The molecule has 4 rings (SSSR count). The molecule has 1 aliphatic carbocycles. The number of amides is 1. The van der Waals surface area contributed by atoms with Gasteiger partial charge in [-0.05, 0) is 57.2 Å². The van der Waals surface area contributed by atoms with Gasteiger partial charge < -0.3 is 5.32 Å². The molecule has 2 aliphatic rings. The maximum absolute atomic E-state index is 13.1. The standard InChI is InChI=1S/C20H25N3OS/c24-19(22-20-21-16-11-5-2-6-12-17(16)25-20)18(23-13-7-8-14-23)15-9-3-1-4-10-15/h1,3-4,9-10,18H,2,5-8,11-14H2,(H,21,22,24). The molecule has 1 atom stereocenters. The second-order valence-electron chi connectivity index (χ2n) is 7.00. The van der Waals surface area contributed by atoms with Gasteiger partial charge in [0.25, 0.3) is 0 Å². The summed E-state index contributed by atoms with van der Waals surface area (Å²) < 4.78 is 0. The lowest BCUT2D eigenvalue weighted by Crippen LogP contribution is -2.35. The zero-order valence-corrected chi connectivity index (χ0v) is 15.4. The van der Waals surface area contributed by atoms with E-state index in [1.165, 1.54) is 42.7 Å². The topological polar surface area (TPSA) is 45.2 Å². The summed E-state index contributed by atoms with van der Waals surface area (Å²) in [6, 6.07) is 9.92. The Balaban J connectivity index is 1.54. The number of aromatic nitrogens is 1. The van der Waals surface area contributed by atoms with Crippen molar-refractivity contribution in [1.29, 1.82) is 0 Å². The lowest BCUT2D eigenvalue weighted by Gasteiger charge is -2.26. The molecule has 1 N–H and O–H groups in total. The van der Waals surface area contributed by atoms with Crippen molar-refractivity contribution in [3.05, 3.63) is 46.5 Å². The van der Waals surface area contributed by atoms with E-state index in [-0.39, 0.29) is 11.9 Å². The number of thiazole rings is 1. The van der Waals surface area contributed by atoms with Crippen molar-refractivity contribution in [2.24, 2.45) is 0 Å². The Bertz CT molecular complexity index is 698. The lowest BCUT2D eigenvalue weighted by molar-refractivity contribution is -0.121. The second kappa shape index (κ2) is 7.67. The van der Waals surface area contributed by atoms with Gasteiger partial charge in [-0.2, -0.15) is 0 Å². The molecule has 1 saturated heterocycles. The second-order valence-corrected chi connectivity index (χ2v) is 8.08. The zero-order chi connectivity index (χ0) is 17.1. The fraction of sp³-hybridized carbons (Fsp3) is 0.500. The first-order chi connectivity index (χ1) is 12.3. The van der Waals surface area contributed by atoms with Crippen molar-refractivity contribution in [3.63, 3.8) is 0 Å². The minimum absolute atomic E-state index is 0.0528. The average molecular weight is 356 g/mol. The van der Waals surface area contributed by atoms with Gasteiger partial charge in [0.2, 0.25) is 5.91 Å². The number of likely N-dealkylation sites (tertiary alicyclic amines) is 1. The molecule has 1 aromatic carbocycles. The third-order valence-corrected chi connectivity index (χ3v) is 6.27. The van der Waals surface area contributed by atoms with E-state index >= 15 is 0 Å². The summed E-state index contributed by atoms with van der Waals surface area (Å²) in [4.78, 5) is 21.5. The summed E-state index contributed by atoms with van der Waals surface area (Å²) in [5, 5.41) is 3.90. The van der Waals surface area contributed by atoms with Crippen molar-refractivity contribution in [3.8, 4) is 0 Å². The van der Waals surface area contributed by atoms with E-state index in [2.05, 4.69) is 22.3 Å². The Hall–Kier alpha value is -1.72. The van der Waals surface area contributed by atoms with Crippen molar-refractivity contribution >= 4 is 22.4 Å². The third-order valence-electron chi connectivity index (χ3n) is 5.20. The number of rotatable bonds is 4. The van der Waals surface area contributed by atoms with Gasteiger partial charge in [-0.25, -0.2) is 4.98 Å². The maximum atomic E-state index is 13.1. The fourth-order valence-electron chi connectivity index (χ4n) is 3.92. The van der Waals surface area contributed by atoms with E-state index in [1.54, 1.807) is 11.3 Å². The molecule has 2 aromatic rings. The van der Waals surface area contributed by atoms with Crippen LogP contribution in [0.4, 0.5) is 5.13 Å². The molecule has 4 nitrogen and oxygen atoms in total. The normalized spacial score (nSPS) is 19.2. The van der Waals surface area contributed by atoms with Gasteiger partial charge in [0, 0.05) is 4.88 Å². The third kappa shape index (κ3) is 3.77. The summed E-state index contributed by atoms with van der Waals surface area (Å²) in [5.74, 6) is 0.0528. The molecule has 1 aromatic heterocycles. The molecule has 1 unspecified atom stereocenters. The van der Waals surface area contributed by atoms with E-state index in [9.17, 15) is 4.79 Å². The van der Waals surface area contributed by atoms with Crippen LogP contribution >= 0.6 is 11.3 Å². The molecule has 0 saturated carbocycles.